The summed E-state index contributed by atoms with van der Waals surface area (Å²) in [6.45, 7) is 4.57. The maximum Gasteiger partial charge on any atom is 0.171 e. The van der Waals surface area contributed by atoms with E-state index in [0.717, 1.165) is 23.5 Å². The second-order valence-electron chi connectivity index (χ2n) is 3.58. The van der Waals surface area contributed by atoms with Gasteiger partial charge in [0.15, 0.2) is 5.78 Å². The number of hydrogen-bond acceptors (Lipinski definition) is 4. The Labute approximate surface area is 97.9 Å². The van der Waals surface area contributed by atoms with Crippen LogP contribution in [0.4, 0.5) is 0 Å². The first-order chi connectivity index (χ1) is 7.70. The summed E-state index contributed by atoms with van der Waals surface area (Å²) in [5, 5.41) is 5.09. The SMILES string of the molecule is CCCn1cc(-c2ncc(C(C)=O)s2)cn1. The molecule has 0 aliphatic carbocycles. The predicted molar refractivity (Wildman–Crippen MR) is 63.6 cm³/mol. The molecule has 2 rings (SSSR count). The molecule has 0 aliphatic heterocycles. The molecule has 84 valence electrons. The Balaban J connectivity index is 2.24. The summed E-state index contributed by atoms with van der Waals surface area (Å²) >= 11 is 1.41. The standard InChI is InChI=1S/C11H13N3OS/c1-3-4-14-7-9(5-13-14)11-12-6-10(16-11)8(2)15/h5-7H,3-4H2,1-2H3. The van der Waals surface area contributed by atoms with Crippen LogP contribution in [-0.2, 0) is 6.54 Å². The van der Waals surface area contributed by atoms with Crippen molar-refractivity contribution in [1.29, 1.82) is 0 Å². The van der Waals surface area contributed by atoms with Crippen LogP contribution in [0.1, 0.15) is 29.9 Å². The Bertz CT molecular complexity index is 501. The molecule has 0 radical (unpaired) electrons. The molecule has 5 heteroatoms. The highest BCUT2D eigenvalue weighted by molar-refractivity contribution is 7.16. The van der Waals surface area contributed by atoms with Gasteiger partial charge >= 0.3 is 0 Å². The van der Waals surface area contributed by atoms with Crippen molar-refractivity contribution in [2.45, 2.75) is 26.8 Å². The maximum atomic E-state index is 11.1. The lowest BCUT2D eigenvalue weighted by atomic mass is 10.4. The van der Waals surface area contributed by atoms with Gasteiger partial charge in [0.25, 0.3) is 0 Å². The van der Waals surface area contributed by atoms with E-state index in [0.29, 0.717) is 4.88 Å². The van der Waals surface area contributed by atoms with Crippen LogP contribution in [0.2, 0.25) is 0 Å². The lowest BCUT2D eigenvalue weighted by molar-refractivity contribution is 0.102. The smallest absolute Gasteiger partial charge is 0.171 e. The number of carbonyl (C=O) groups is 1. The predicted octanol–water partition coefficient (Wildman–Crippen LogP) is 2.62. The van der Waals surface area contributed by atoms with E-state index in [2.05, 4.69) is 17.0 Å². The van der Waals surface area contributed by atoms with Gasteiger partial charge in [-0.2, -0.15) is 5.10 Å². The van der Waals surface area contributed by atoms with E-state index in [1.807, 2.05) is 10.9 Å². The molecular formula is C11H13N3OS. The molecule has 2 heterocycles. The highest BCUT2D eigenvalue weighted by Crippen LogP contribution is 2.24. The zero-order chi connectivity index (χ0) is 11.5. The van der Waals surface area contributed by atoms with Crippen molar-refractivity contribution in [3.8, 4) is 10.6 Å². The third-order valence-corrected chi connectivity index (χ3v) is 3.33. The summed E-state index contributed by atoms with van der Waals surface area (Å²) in [5.41, 5.74) is 0.978. The van der Waals surface area contributed by atoms with Gasteiger partial charge < -0.3 is 0 Å². The van der Waals surface area contributed by atoms with Gasteiger partial charge in [0.05, 0.1) is 11.1 Å². The number of aromatic nitrogens is 3. The third-order valence-electron chi connectivity index (χ3n) is 2.19. The zero-order valence-electron chi connectivity index (χ0n) is 9.30. The van der Waals surface area contributed by atoms with Crippen molar-refractivity contribution in [3.05, 3.63) is 23.5 Å². The molecule has 2 aromatic rings. The number of aryl methyl sites for hydroxylation is 1. The molecule has 4 nitrogen and oxygen atoms in total. The first kappa shape index (κ1) is 11.0. The number of rotatable bonds is 4. The monoisotopic (exact) mass is 235 g/mol. The Morgan fingerprint density at radius 2 is 2.31 bits per heavy atom. The first-order valence-corrected chi connectivity index (χ1v) is 6.02. The molecule has 16 heavy (non-hydrogen) atoms. The van der Waals surface area contributed by atoms with Gasteiger partial charge in [0.1, 0.15) is 5.01 Å². The summed E-state index contributed by atoms with van der Waals surface area (Å²) in [7, 11) is 0. The van der Waals surface area contributed by atoms with E-state index in [4.69, 9.17) is 0 Å². The normalized spacial score (nSPS) is 10.6. The maximum absolute atomic E-state index is 11.1. The molecular weight excluding hydrogens is 222 g/mol. The fourth-order valence-electron chi connectivity index (χ4n) is 1.40. The van der Waals surface area contributed by atoms with Gasteiger partial charge in [-0.1, -0.05) is 6.92 Å². The van der Waals surface area contributed by atoms with Crippen molar-refractivity contribution in [3.63, 3.8) is 0 Å². The number of Topliss-reactive ketones (excluding diaryl/α,β-unsaturated/α-hetero) is 1. The van der Waals surface area contributed by atoms with E-state index in [9.17, 15) is 4.79 Å². The molecule has 0 atom stereocenters. The number of hydrogen-bond donors (Lipinski definition) is 0. The average molecular weight is 235 g/mol. The average Bonchev–Trinajstić information content (AvgIpc) is 2.84. The van der Waals surface area contributed by atoms with Crippen molar-refractivity contribution in [2.24, 2.45) is 0 Å². The van der Waals surface area contributed by atoms with Gasteiger partial charge in [-0.05, 0) is 6.42 Å². The molecule has 0 spiro atoms. The van der Waals surface area contributed by atoms with E-state index in [-0.39, 0.29) is 5.78 Å². The fraction of sp³-hybridized carbons (Fsp3) is 0.364. The van der Waals surface area contributed by atoms with Gasteiger partial charge in [0.2, 0.25) is 0 Å². The van der Waals surface area contributed by atoms with Crippen molar-refractivity contribution >= 4 is 17.1 Å². The van der Waals surface area contributed by atoms with E-state index in [1.54, 1.807) is 19.3 Å². The minimum atomic E-state index is 0.0599. The van der Waals surface area contributed by atoms with Crippen LogP contribution in [0, 0.1) is 0 Å². The molecule has 0 fully saturated rings. The van der Waals surface area contributed by atoms with Crippen LogP contribution in [-0.4, -0.2) is 20.5 Å². The second kappa shape index (κ2) is 4.57. The molecule has 0 saturated carbocycles. The topological polar surface area (TPSA) is 47.8 Å². The van der Waals surface area contributed by atoms with Gasteiger partial charge in [-0.25, -0.2) is 4.98 Å². The van der Waals surface area contributed by atoms with Crippen LogP contribution in [0.15, 0.2) is 18.6 Å². The van der Waals surface area contributed by atoms with Gasteiger partial charge in [-0.15, -0.1) is 11.3 Å². The zero-order valence-corrected chi connectivity index (χ0v) is 10.1. The number of nitrogens with zero attached hydrogens (tertiary/aromatic N) is 3. The van der Waals surface area contributed by atoms with Crippen LogP contribution in [0.25, 0.3) is 10.6 Å². The summed E-state index contributed by atoms with van der Waals surface area (Å²) in [5.74, 6) is 0.0599. The summed E-state index contributed by atoms with van der Waals surface area (Å²) in [4.78, 5) is 16.1. The fourth-order valence-corrected chi connectivity index (χ4v) is 2.18. The van der Waals surface area contributed by atoms with Crippen LogP contribution in [0.3, 0.4) is 0 Å². The highest BCUT2D eigenvalue weighted by Gasteiger charge is 2.09. The molecule has 0 N–H and O–H groups in total. The minimum Gasteiger partial charge on any atom is -0.294 e. The van der Waals surface area contributed by atoms with Crippen LogP contribution < -0.4 is 0 Å². The molecule has 0 amide bonds. The summed E-state index contributed by atoms with van der Waals surface area (Å²) in [6, 6.07) is 0. The van der Waals surface area contributed by atoms with E-state index >= 15 is 0 Å². The Kier molecular flexibility index (Phi) is 3.14. The number of ketones is 1. The summed E-state index contributed by atoms with van der Waals surface area (Å²) in [6.07, 6.45) is 6.43. The van der Waals surface area contributed by atoms with Crippen molar-refractivity contribution in [2.75, 3.05) is 0 Å². The van der Waals surface area contributed by atoms with E-state index in [1.165, 1.54) is 11.3 Å². The molecule has 0 aromatic carbocycles. The molecule has 0 saturated heterocycles. The molecule has 0 bridgehead atoms. The largest absolute Gasteiger partial charge is 0.294 e. The first-order valence-electron chi connectivity index (χ1n) is 5.20. The van der Waals surface area contributed by atoms with Crippen molar-refractivity contribution < 1.29 is 4.79 Å². The highest BCUT2D eigenvalue weighted by atomic mass is 32.1. The van der Waals surface area contributed by atoms with Crippen LogP contribution >= 0.6 is 11.3 Å². The minimum absolute atomic E-state index is 0.0599. The lowest BCUT2D eigenvalue weighted by Crippen LogP contribution is -1.95. The van der Waals surface area contributed by atoms with Gasteiger partial charge in [0, 0.05) is 31.4 Å². The Hall–Kier alpha value is -1.49. The Morgan fingerprint density at radius 1 is 1.50 bits per heavy atom. The molecule has 0 aliphatic rings. The second-order valence-corrected chi connectivity index (χ2v) is 4.61. The molecule has 2 aromatic heterocycles. The Morgan fingerprint density at radius 3 is 2.94 bits per heavy atom. The van der Waals surface area contributed by atoms with Crippen molar-refractivity contribution in [1.82, 2.24) is 14.8 Å². The quantitative estimate of drug-likeness (QED) is 0.765. The number of carbonyl (C=O) groups excluding carboxylic acids is 1. The molecule has 0 unspecified atom stereocenters. The number of thiazole rings is 1. The summed E-state index contributed by atoms with van der Waals surface area (Å²) < 4.78 is 1.89. The van der Waals surface area contributed by atoms with E-state index < -0.39 is 0 Å². The lowest BCUT2D eigenvalue weighted by Gasteiger charge is -1.94. The van der Waals surface area contributed by atoms with Gasteiger partial charge in [-0.3, -0.25) is 9.48 Å². The van der Waals surface area contributed by atoms with Crippen LogP contribution in [0.5, 0.6) is 0 Å². The third kappa shape index (κ3) is 2.19.